The Morgan fingerprint density at radius 1 is 1.10 bits per heavy atom. The third-order valence-electron chi connectivity index (χ3n) is 3.33. The van der Waals surface area contributed by atoms with Gasteiger partial charge in [-0.25, -0.2) is 0 Å². The Kier molecular flexibility index (Phi) is 3.43. The minimum absolute atomic E-state index is 0.0350. The van der Waals surface area contributed by atoms with Crippen LogP contribution in [-0.2, 0) is 4.79 Å². The second-order valence-corrected chi connectivity index (χ2v) is 5.58. The predicted molar refractivity (Wildman–Crippen MR) is 86.7 cm³/mol. The molecule has 0 aromatic heterocycles. The minimum Gasteiger partial charge on any atom is -0.383 e. The largest absolute Gasteiger partial charge is 0.383 e. The van der Waals surface area contributed by atoms with Gasteiger partial charge in [0.25, 0.3) is 5.91 Å². The van der Waals surface area contributed by atoms with Crippen molar-refractivity contribution in [3.8, 4) is 0 Å². The molecule has 3 nitrogen and oxygen atoms in total. The van der Waals surface area contributed by atoms with E-state index in [0.29, 0.717) is 10.6 Å². The van der Waals surface area contributed by atoms with Gasteiger partial charge in [-0.05, 0) is 24.3 Å². The Morgan fingerprint density at radius 2 is 1.81 bits per heavy atom. The third kappa shape index (κ3) is 2.41. The summed E-state index contributed by atoms with van der Waals surface area (Å²) in [6, 6.07) is 15.1. The highest BCUT2D eigenvalue weighted by Gasteiger charge is 2.33. The maximum Gasteiger partial charge on any atom is 0.265 e. The van der Waals surface area contributed by atoms with Gasteiger partial charge in [-0.2, -0.15) is 0 Å². The first-order valence-corrected chi connectivity index (χ1v) is 7.03. The standard InChI is InChI=1S/C17H15ClN2O/c1-19(2)11-15-14-9-8-12(18)10-16(14)20(17(15)21)13-6-4-3-5-7-13/h3-11H,1-2H3/b15-11-. The van der Waals surface area contributed by atoms with Crippen molar-refractivity contribution in [2.75, 3.05) is 19.0 Å². The quantitative estimate of drug-likeness (QED) is 0.785. The van der Waals surface area contributed by atoms with Crippen LogP contribution in [0.1, 0.15) is 5.56 Å². The summed E-state index contributed by atoms with van der Waals surface area (Å²) < 4.78 is 0. The van der Waals surface area contributed by atoms with E-state index in [1.165, 1.54) is 0 Å². The van der Waals surface area contributed by atoms with Gasteiger partial charge in [0.05, 0.1) is 11.3 Å². The molecule has 2 aromatic carbocycles. The van der Waals surface area contributed by atoms with Crippen molar-refractivity contribution in [2.24, 2.45) is 0 Å². The summed E-state index contributed by atoms with van der Waals surface area (Å²) in [5.41, 5.74) is 3.25. The van der Waals surface area contributed by atoms with Gasteiger partial charge < -0.3 is 4.90 Å². The van der Waals surface area contributed by atoms with Gasteiger partial charge in [0.2, 0.25) is 0 Å². The lowest BCUT2D eigenvalue weighted by atomic mass is 10.1. The molecule has 0 saturated heterocycles. The van der Waals surface area contributed by atoms with Crippen molar-refractivity contribution in [1.29, 1.82) is 0 Å². The molecule has 0 spiro atoms. The van der Waals surface area contributed by atoms with Crippen molar-refractivity contribution >= 4 is 34.5 Å². The van der Waals surface area contributed by atoms with Crippen LogP contribution < -0.4 is 4.90 Å². The molecule has 21 heavy (non-hydrogen) atoms. The lowest BCUT2D eigenvalue weighted by Gasteiger charge is -2.17. The van der Waals surface area contributed by atoms with Crippen molar-refractivity contribution in [3.05, 3.63) is 65.3 Å². The van der Waals surface area contributed by atoms with E-state index in [1.54, 1.807) is 4.90 Å². The van der Waals surface area contributed by atoms with Crippen LogP contribution in [-0.4, -0.2) is 24.9 Å². The van der Waals surface area contributed by atoms with E-state index in [2.05, 4.69) is 0 Å². The highest BCUT2D eigenvalue weighted by Crippen LogP contribution is 2.42. The van der Waals surface area contributed by atoms with Crippen molar-refractivity contribution in [2.45, 2.75) is 0 Å². The molecule has 1 aliphatic heterocycles. The molecule has 2 aromatic rings. The van der Waals surface area contributed by atoms with E-state index in [0.717, 1.165) is 16.9 Å². The van der Waals surface area contributed by atoms with Crippen molar-refractivity contribution < 1.29 is 4.79 Å². The zero-order valence-electron chi connectivity index (χ0n) is 11.9. The number of carbonyl (C=O) groups is 1. The van der Waals surface area contributed by atoms with Gasteiger partial charge >= 0.3 is 0 Å². The van der Waals surface area contributed by atoms with E-state index < -0.39 is 0 Å². The fourth-order valence-electron chi connectivity index (χ4n) is 2.48. The average Bonchev–Trinajstić information content (AvgIpc) is 2.71. The summed E-state index contributed by atoms with van der Waals surface area (Å²) in [6.07, 6.45) is 1.85. The number of anilines is 2. The molecule has 1 aliphatic rings. The lowest BCUT2D eigenvalue weighted by molar-refractivity contribution is -0.112. The third-order valence-corrected chi connectivity index (χ3v) is 3.56. The maximum absolute atomic E-state index is 12.8. The molecule has 0 atom stereocenters. The Morgan fingerprint density at radius 3 is 2.48 bits per heavy atom. The van der Waals surface area contributed by atoms with Gasteiger partial charge in [-0.1, -0.05) is 35.9 Å². The Balaban J connectivity index is 2.20. The molecule has 0 N–H and O–H groups in total. The van der Waals surface area contributed by atoms with Crippen molar-refractivity contribution in [3.63, 3.8) is 0 Å². The smallest absolute Gasteiger partial charge is 0.265 e. The second kappa shape index (κ2) is 5.26. The summed E-state index contributed by atoms with van der Waals surface area (Å²) in [4.78, 5) is 16.4. The van der Waals surface area contributed by atoms with Gasteiger partial charge in [0.15, 0.2) is 0 Å². The molecule has 0 fully saturated rings. The summed E-state index contributed by atoms with van der Waals surface area (Å²) in [5, 5.41) is 0.619. The van der Waals surface area contributed by atoms with Gasteiger partial charge in [0.1, 0.15) is 0 Å². The summed E-state index contributed by atoms with van der Waals surface area (Å²) >= 11 is 6.11. The Labute approximate surface area is 129 Å². The topological polar surface area (TPSA) is 23.6 Å². The molecule has 1 amide bonds. The number of benzene rings is 2. The molecule has 0 unspecified atom stereocenters. The molecule has 0 saturated carbocycles. The number of nitrogens with zero attached hydrogens (tertiary/aromatic N) is 2. The molecule has 106 valence electrons. The van der Waals surface area contributed by atoms with Crippen LogP contribution in [0.4, 0.5) is 11.4 Å². The second-order valence-electron chi connectivity index (χ2n) is 5.14. The monoisotopic (exact) mass is 298 g/mol. The first-order chi connectivity index (χ1) is 10.1. The molecule has 0 bridgehead atoms. The van der Waals surface area contributed by atoms with Crippen LogP contribution in [0.15, 0.2) is 54.7 Å². The number of fused-ring (bicyclic) bond motifs is 1. The molecule has 0 radical (unpaired) electrons. The molecule has 0 aliphatic carbocycles. The van der Waals surface area contributed by atoms with E-state index in [4.69, 9.17) is 11.6 Å². The number of hydrogen-bond acceptors (Lipinski definition) is 2. The van der Waals surface area contributed by atoms with Crippen LogP contribution in [0.25, 0.3) is 5.57 Å². The fourth-order valence-corrected chi connectivity index (χ4v) is 2.65. The van der Waals surface area contributed by atoms with E-state index in [-0.39, 0.29) is 5.91 Å². The number of halogens is 1. The van der Waals surface area contributed by atoms with E-state index in [1.807, 2.05) is 73.7 Å². The zero-order chi connectivity index (χ0) is 15.0. The molecular formula is C17H15ClN2O. The van der Waals surface area contributed by atoms with Gasteiger partial charge in [-0.15, -0.1) is 0 Å². The summed E-state index contributed by atoms with van der Waals surface area (Å²) in [7, 11) is 3.81. The average molecular weight is 299 g/mol. The number of para-hydroxylation sites is 1. The first-order valence-electron chi connectivity index (χ1n) is 6.65. The van der Waals surface area contributed by atoms with Crippen LogP contribution in [0.5, 0.6) is 0 Å². The molecular weight excluding hydrogens is 284 g/mol. The van der Waals surface area contributed by atoms with Crippen LogP contribution in [0.2, 0.25) is 5.02 Å². The lowest BCUT2D eigenvalue weighted by Crippen LogP contribution is -2.21. The van der Waals surface area contributed by atoms with E-state index >= 15 is 0 Å². The van der Waals surface area contributed by atoms with Gasteiger partial charge in [0, 0.05) is 36.6 Å². The van der Waals surface area contributed by atoms with Crippen LogP contribution >= 0.6 is 11.6 Å². The van der Waals surface area contributed by atoms with Gasteiger partial charge in [-0.3, -0.25) is 9.69 Å². The Bertz CT molecular complexity index is 723. The van der Waals surface area contributed by atoms with Crippen LogP contribution in [0.3, 0.4) is 0 Å². The maximum atomic E-state index is 12.8. The number of rotatable bonds is 2. The SMILES string of the molecule is CN(C)/C=C1\C(=O)N(c2ccccc2)c2cc(Cl)ccc21. The number of hydrogen-bond donors (Lipinski definition) is 0. The highest BCUT2D eigenvalue weighted by molar-refractivity contribution is 6.36. The number of carbonyl (C=O) groups excluding carboxylic acids is 1. The number of amides is 1. The highest BCUT2D eigenvalue weighted by atomic mass is 35.5. The fraction of sp³-hybridized carbons (Fsp3) is 0.118. The minimum atomic E-state index is -0.0350. The molecule has 3 rings (SSSR count). The predicted octanol–water partition coefficient (Wildman–Crippen LogP) is 3.92. The molecule has 1 heterocycles. The summed E-state index contributed by atoms with van der Waals surface area (Å²) in [6.45, 7) is 0. The normalized spacial score (nSPS) is 15.5. The zero-order valence-corrected chi connectivity index (χ0v) is 12.6. The van der Waals surface area contributed by atoms with Crippen LogP contribution in [0, 0.1) is 0 Å². The first kappa shape index (κ1) is 13.7. The molecule has 4 heteroatoms. The Hall–Kier alpha value is -2.26. The summed E-state index contributed by atoms with van der Waals surface area (Å²) in [5.74, 6) is -0.0350. The van der Waals surface area contributed by atoms with E-state index in [9.17, 15) is 4.79 Å². The van der Waals surface area contributed by atoms with Crippen molar-refractivity contribution in [1.82, 2.24) is 4.90 Å².